The van der Waals surface area contributed by atoms with Crippen LogP contribution >= 0.6 is 0 Å². The zero-order valence-electron chi connectivity index (χ0n) is 20.8. The molecular weight excluding hydrogens is 530 g/mol. The van der Waals surface area contributed by atoms with Gasteiger partial charge in [0.25, 0.3) is 0 Å². The molecule has 2 aromatic rings. The Morgan fingerprint density at radius 1 is 0.795 bits per heavy atom. The van der Waals surface area contributed by atoms with Crippen molar-refractivity contribution >= 4 is 11.6 Å². The Morgan fingerprint density at radius 3 is 1.77 bits per heavy atom. The topological polar surface area (TPSA) is 109 Å². The number of aromatic nitrogens is 2. The van der Waals surface area contributed by atoms with Gasteiger partial charge in [-0.05, 0) is 12.8 Å². The third-order valence-electron chi connectivity index (χ3n) is 6.20. The normalized spacial score (nSPS) is 18.6. The number of rotatable bonds is 4. The molecule has 0 aliphatic carbocycles. The molecular formula is C25H26F6N6O2. The summed E-state index contributed by atoms with van der Waals surface area (Å²) < 4.78 is 81.6. The van der Waals surface area contributed by atoms with E-state index in [4.69, 9.17) is 10.5 Å². The first kappa shape index (κ1) is 29.6. The van der Waals surface area contributed by atoms with Crippen LogP contribution in [0.2, 0.25) is 0 Å². The van der Waals surface area contributed by atoms with Gasteiger partial charge in [-0.15, -0.1) is 0 Å². The third-order valence-corrected chi connectivity index (χ3v) is 6.20. The van der Waals surface area contributed by atoms with E-state index >= 15 is 0 Å². The van der Waals surface area contributed by atoms with E-state index in [0.717, 1.165) is 12.3 Å². The van der Waals surface area contributed by atoms with Gasteiger partial charge in [0.15, 0.2) is 0 Å². The molecule has 0 amide bonds. The van der Waals surface area contributed by atoms with Crippen molar-refractivity contribution in [1.29, 1.82) is 10.5 Å². The molecule has 2 fully saturated rings. The van der Waals surface area contributed by atoms with E-state index in [1.165, 1.54) is 12.3 Å². The van der Waals surface area contributed by atoms with Gasteiger partial charge in [-0.1, -0.05) is 0 Å². The number of halogens is 6. The molecule has 2 aliphatic heterocycles. The Balaban J connectivity index is 0.000000218. The summed E-state index contributed by atoms with van der Waals surface area (Å²) in [6.07, 6.45) is 2.01. The van der Waals surface area contributed by atoms with Crippen LogP contribution in [0.25, 0.3) is 0 Å². The first-order valence-electron chi connectivity index (χ1n) is 12.1. The Labute approximate surface area is 221 Å². The molecule has 0 bridgehead atoms. The summed E-state index contributed by atoms with van der Waals surface area (Å²) in [5.41, 5.74) is 0.235. The van der Waals surface area contributed by atoms with Gasteiger partial charge in [0.1, 0.15) is 35.3 Å². The molecule has 39 heavy (non-hydrogen) atoms. The molecule has 0 aromatic carbocycles. The van der Waals surface area contributed by atoms with Crippen molar-refractivity contribution in [2.75, 3.05) is 36.0 Å². The molecule has 0 spiro atoms. The monoisotopic (exact) mass is 556 g/mol. The Morgan fingerprint density at radius 2 is 1.28 bits per heavy atom. The number of aromatic hydroxyl groups is 1. The maximum absolute atomic E-state index is 13.3. The fourth-order valence-corrected chi connectivity index (χ4v) is 4.27. The minimum Gasteiger partial charge on any atom is -0.506 e. The van der Waals surface area contributed by atoms with Crippen LogP contribution in [0.4, 0.5) is 38.0 Å². The highest BCUT2D eigenvalue weighted by atomic mass is 19.3. The Kier molecular flexibility index (Phi) is 9.67. The SMILES string of the molecule is N#Cc1cc(O)cnc1N1CCCC(F)(F)CC1.N#Cc1cc(OC(F)F)cnc1N1CCCC(F)(F)CC1. The van der Waals surface area contributed by atoms with Gasteiger partial charge < -0.3 is 19.6 Å². The fourth-order valence-electron chi connectivity index (χ4n) is 4.27. The molecule has 14 heteroatoms. The van der Waals surface area contributed by atoms with Crippen molar-refractivity contribution in [1.82, 2.24) is 9.97 Å². The van der Waals surface area contributed by atoms with Crippen LogP contribution < -0.4 is 14.5 Å². The number of hydrogen-bond acceptors (Lipinski definition) is 8. The summed E-state index contributed by atoms with van der Waals surface area (Å²) in [6.45, 7) is -2.00. The average molecular weight is 557 g/mol. The molecule has 8 nitrogen and oxygen atoms in total. The predicted octanol–water partition coefficient (Wildman–Crippen LogP) is 5.46. The highest BCUT2D eigenvalue weighted by Crippen LogP contribution is 2.32. The molecule has 2 aromatic heterocycles. The molecule has 4 heterocycles. The van der Waals surface area contributed by atoms with Crippen LogP contribution in [-0.4, -0.2) is 59.7 Å². The van der Waals surface area contributed by atoms with Gasteiger partial charge in [-0.3, -0.25) is 0 Å². The summed E-state index contributed by atoms with van der Waals surface area (Å²) in [7, 11) is 0. The van der Waals surface area contributed by atoms with E-state index < -0.39 is 18.5 Å². The highest BCUT2D eigenvalue weighted by Gasteiger charge is 2.33. The third kappa shape index (κ3) is 8.53. The second kappa shape index (κ2) is 12.7. The maximum atomic E-state index is 13.3. The zero-order valence-corrected chi connectivity index (χ0v) is 20.8. The lowest BCUT2D eigenvalue weighted by atomic mass is 10.1. The summed E-state index contributed by atoms with van der Waals surface area (Å²) in [6, 6.07) is 6.19. The number of alkyl halides is 6. The molecule has 0 atom stereocenters. The number of nitrogens with zero attached hydrogens (tertiary/aromatic N) is 6. The fraction of sp³-hybridized carbons (Fsp3) is 0.520. The smallest absolute Gasteiger partial charge is 0.387 e. The van der Waals surface area contributed by atoms with E-state index in [9.17, 15) is 31.4 Å². The molecule has 1 N–H and O–H groups in total. The average Bonchev–Trinajstić information content (AvgIpc) is 3.17. The van der Waals surface area contributed by atoms with Crippen molar-refractivity contribution in [3.05, 3.63) is 35.7 Å². The van der Waals surface area contributed by atoms with Crippen molar-refractivity contribution in [3.8, 4) is 23.6 Å². The Hall–Kier alpha value is -3.94. The summed E-state index contributed by atoms with van der Waals surface area (Å²) in [5, 5.41) is 27.3. The molecule has 2 aliphatic rings. The van der Waals surface area contributed by atoms with Crippen LogP contribution in [0, 0.1) is 22.7 Å². The summed E-state index contributed by atoms with van der Waals surface area (Å²) in [4.78, 5) is 11.1. The van der Waals surface area contributed by atoms with Gasteiger partial charge in [0.2, 0.25) is 11.8 Å². The van der Waals surface area contributed by atoms with Gasteiger partial charge in [-0.25, -0.2) is 27.5 Å². The van der Waals surface area contributed by atoms with Crippen LogP contribution in [0.5, 0.6) is 11.5 Å². The number of ether oxygens (including phenoxy) is 1. The number of nitriles is 2. The van der Waals surface area contributed by atoms with Crippen molar-refractivity contribution in [2.24, 2.45) is 0 Å². The molecule has 0 unspecified atom stereocenters. The minimum absolute atomic E-state index is 0.0263. The second-order valence-corrected chi connectivity index (χ2v) is 9.10. The van der Waals surface area contributed by atoms with E-state index in [0.29, 0.717) is 25.3 Å². The van der Waals surface area contributed by atoms with Gasteiger partial charge in [0.05, 0.1) is 23.5 Å². The predicted molar refractivity (Wildman–Crippen MR) is 128 cm³/mol. The van der Waals surface area contributed by atoms with Crippen molar-refractivity contribution in [2.45, 2.75) is 57.0 Å². The number of hydrogen-bond donors (Lipinski definition) is 1. The molecule has 210 valence electrons. The van der Waals surface area contributed by atoms with Crippen LogP contribution in [0.15, 0.2) is 24.5 Å². The molecule has 4 rings (SSSR count). The van der Waals surface area contributed by atoms with Crippen molar-refractivity contribution in [3.63, 3.8) is 0 Å². The van der Waals surface area contributed by atoms with Crippen LogP contribution in [-0.2, 0) is 0 Å². The maximum Gasteiger partial charge on any atom is 0.387 e. The van der Waals surface area contributed by atoms with Crippen LogP contribution in [0.3, 0.4) is 0 Å². The number of pyridine rings is 2. The summed E-state index contributed by atoms with van der Waals surface area (Å²) in [5.74, 6) is -5.11. The number of anilines is 2. The lowest BCUT2D eigenvalue weighted by Crippen LogP contribution is -2.27. The standard InChI is InChI=1S/C13H13F4N3O.C12H13F2N3O/c14-12(15)21-10-6-9(7-18)11(19-8-10)20-4-1-2-13(16,17)3-5-20;13-12(14)2-1-4-17(5-3-12)11-9(7-15)6-10(18)8-16-11/h6,8,12H,1-5H2;6,8,18H,1-5H2. The largest absolute Gasteiger partial charge is 0.506 e. The molecule has 0 radical (unpaired) electrons. The van der Waals surface area contributed by atoms with Crippen molar-refractivity contribution < 1.29 is 36.2 Å². The second-order valence-electron chi connectivity index (χ2n) is 9.10. The molecule has 2 saturated heterocycles. The first-order chi connectivity index (χ1) is 18.4. The quantitative estimate of drug-likeness (QED) is 0.495. The van der Waals surface area contributed by atoms with E-state index in [1.807, 2.05) is 12.1 Å². The molecule has 0 saturated carbocycles. The van der Waals surface area contributed by atoms with E-state index in [-0.39, 0.29) is 73.6 Å². The zero-order chi connectivity index (χ0) is 28.6. The van der Waals surface area contributed by atoms with Gasteiger partial charge in [-0.2, -0.15) is 19.3 Å². The lowest BCUT2D eigenvalue weighted by Gasteiger charge is -2.22. The summed E-state index contributed by atoms with van der Waals surface area (Å²) >= 11 is 0. The van der Waals surface area contributed by atoms with Gasteiger partial charge >= 0.3 is 6.61 Å². The van der Waals surface area contributed by atoms with E-state index in [2.05, 4.69) is 14.7 Å². The minimum atomic E-state index is -3.01. The first-order valence-corrected chi connectivity index (χ1v) is 12.1. The van der Waals surface area contributed by atoms with E-state index in [1.54, 1.807) is 9.80 Å². The highest BCUT2D eigenvalue weighted by molar-refractivity contribution is 5.56. The van der Waals surface area contributed by atoms with Crippen LogP contribution in [0.1, 0.15) is 49.7 Å². The lowest BCUT2D eigenvalue weighted by molar-refractivity contribution is -0.0501. The van der Waals surface area contributed by atoms with Gasteiger partial charge in [0, 0.05) is 64.0 Å². The Bertz CT molecular complexity index is 1220.